The normalized spacial score (nSPS) is 19.2. The zero-order valence-corrected chi connectivity index (χ0v) is 9.41. The van der Waals surface area contributed by atoms with Gasteiger partial charge in [0.2, 0.25) is 5.91 Å². The van der Waals surface area contributed by atoms with E-state index in [1.165, 1.54) is 25.8 Å². The molecule has 15 heavy (non-hydrogen) atoms. The lowest BCUT2D eigenvalue weighted by atomic mass is 9.76. The van der Waals surface area contributed by atoms with Crippen LogP contribution in [0.25, 0.3) is 0 Å². The molecule has 1 saturated carbocycles. The van der Waals surface area contributed by atoms with Crippen LogP contribution >= 0.6 is 0 Å². The van der Waals surface area contributed by atoms with E-state index < -0.39 is 17.0 Å². The Morgan fingerprint density at radius 1 is 1.40 bits per heavy atom. The van der Waals surface area contributed by atoms with Crippen molar-refractivity contribution in [3.63, 3.8) is 0 Å². The molecule has 0 saturated heterocycles. The van der Waals surface area contributed by atoms with Crippen LogP contribution in [0, 0.1) is 0 Å². The van der Waals surface area contributed by atoms with E-state index in [9.17, 15) is 9.59 Å². The van der Waals surface area contributed by atoms with E-state index in [-0.39, 0.29) is 5.91 Å². The average molecular weight is 214 g/mol. The van der Waals surface area contributed by atoms with Crippen LogP contribution < -0.4 is 5.73 Å². The van der Waals surface area contributed by atoms with Gasteiger partial charge in [-0.3, -0.25) is 4.79 Å². The monoisotopic (exact) mass is 214 g/mol. The van der Waals surface area contributed by atoms with Crippen LogP contribution in [0.4, 0.5) is 0 Å². The van der Waals surface area contributed by atoms with Gasteiger partial charge in [0.05, 0.1) is 5.54 Å². The fourth-order valence-corrected chi connectivity index (χ4v) is 1.50. The fourth-order valence-electron chi connectivity index (χ4n) is 1.50. The van der Waals surface area contributed by atoms with Crippen molar-refractivity contribution in [2.24, 2.45) is 5.73 Å². The molecule has 0 unspecified atom stereocenters. The van der Waals surface area contributed by atoms with Crippen molar-refractivity contribution in [3.05, 3.63) is 0 Å². The number of nitrogens with two attached hydrogens (primary N) is 1. The summed E-state index contributed by atoms with van der Waals surface area (Å²) in [5.74, 6) is -1.30. The van der Waals surface area contributed by atoms with Gasteiger partial charge in [-0.05, 0) is 33.1 Å². The molecule has 0 heterocycles. The highest BCUT2D eigenvalue weighted by atomic mass is 16.4. The SMILES string of the molecule is CN(C(=O)C1(N)CCC1)C(C)(C)C(=O)O. The maximum absolute atomic E-state index is 11.9. The van der Waals surface area contributed by atoms with E-state index in [1.54, 1.807) is 0 Å². The molecule has 0 spiro atoms. The molecule has 5 nitrogen and oxygen atoms in total. The standard InChI is InChI=1S/C10H18N2O3/c1-9(2,8(14)15)12(3)7(13)10(11)5-4-6-10/h4-6,11H2,1-3H3,(H,14,15). The molecule has 1 aliphatic rings. The minimum atomic E-state index is -1.21. The topological polar surface area (TPSA) is 83.6 Å². The summed E-state index contributed by atoms with van der Waals surface area (Å²) in [4.78, 5) is 24.1. The van der Waals surface area contributed by atoms with Gasteiger partial charge >= 0.3 is 5.97 Å². The lowest BCUT2D eigenvalue weighted by molar-refractivity contribution is -0.159. The largest absolute Gasteiger partial charge is 0.480 e. The number of hydrogen-bond acceptors (Lipinski definition) is 3. The number of carboxylic acids is 1. The first kappa shape index (κ1) is 12.0. The molecule has 0 atom stereocenters. The zero-order chi connectivity index (χ0) is 11.9. The number of rotatable bonds is 3. The maximum atomic E-state index is 11.9. The van der Waals surface area contributed by atoms with Gasteiger partial charge in [-0.1, -0.05) is 0 Å². The van der Waals surface area contributed by atoms with Gasteiger partial charge in [0.15, 0.2) is 0 Å². The molecular weight excluding hydrogens is 196 g/mol. The Bertz CT molecular complexity index is 295. The highest BCUT2D eigenvalue weighted by molar-refractivity contribution is 5.92. The van der Waals surface area contributed by atoms with Gasteiger partial charge in [0.25, 0.3) is 0 Å². The lowest BCUT2D eigenvalue weighted by Gasteiger charge is -2.43. The van der Waals surface area contributed by atoms with Gasteiger partial charge in [0.1, 0.15) is 5.54 Å². The summed E-state index contributed by atoms with van der Waals surface area (Å²) < 4.78 is 0. The fraction of sp³-hybridized carbons (Fsp3) is 0.800. The summed E-state index contributed by atoms with van der Waals surface area (Å²) in [7, 11) is 1.49. The molecule has 0 aliphatic heterocycles. The molecule has 86 valence electrons. The Morgan fingerprint density at radius 3 is 2.13 bits per heavy atom. The molecule has 1 amide bonds. The Kier molecular flexibility index (Phi) is 2.78. The van der Waals surface area contributed by atoms with Gasteiger partial charge in [0, 0.05) is 7.05 Å². The van der Waals surface area contributed by atoms with Gasteiger partial charge < -0.3 is 15.7 Å². The van der Waals surface area contributed by atoms with Crippen LogP contribution in [0.3, 0.4) is 0 Å². The van der Waals surface area contributed by atoms with Crippen molar-refractivity contribution in [1.29, 1.82) is 0 Å². The maximum Gasteiger partial charge on any atom is 0.329 e. The number of likely N-dealkylation sites (N-methyl/N-ethyl adjacent to an activating group) is 1. The Balaban J connectivity index is 2.80. The van der Waals surface area contributed by atoms with Crippen molar-refractivity contribution in [2.75, 3.05) is 7.05 Å². The number of nitrogens with zero attached hydrogens (tertiary/aromatic N) is 1. The Hall–Kier alpha value is -1.10. The third-order valence-corrected chi connectivity index (χ3v) is 3.34. The van der Waals surface area contributed by atoms with Crippen LogP contribution in [0.5, 0.6) is 0 Å². The third kappa shape index (κ3) is 1.84. The van der Waals surface area contributed by atoms with Gasteiger partial charge in [-0.15, -0.1) is 0 Å². The molecule has 1 fully saturated rings. The highest BCUT2D eigenvalue weighted by Gasteiger charge is 2.46. The summed E-state index contributed by atoms with van der Waals surface area (Å²) in [6, 6.07) is 0. The van der Waals surface area contributed by atoms with E-state index in [4.69, 9.17) is 10.8 Å². The number of carboxylic acid groups (broad SMARTS) is 1. The second-order valence-corrected chi connectivity index (χ2v) is 4.74. The van der Waals surface area contributed by atoms with E-state index in [0.29, 0.717) is 12.8 Å². The van der Waals surface area contributed by atoms with Gasteiger partial charge in [-0.2, -0.15) is 0 Å². The molecule has 0 aromatic carbocycles. The predicted molar refractivity (Wildman–Crippen MR) is 55.3 cm³/mol. The van der Waals surface area contributed by atoms with E-state index in [1.807, 2.05) is 0 Å². The minimum absolute atomic E-state index is 0.277. The van der Waals surface area contributed by atoms with Crippen LogP contribution in [-0.4, -0.2) is 40.0 Å². The van der Waals surface area contributed by atoms with Crippen LogP contribution in [0.1, 0.15) is 33.1 Å². The van der Waals surface area contributed by atoms with Crippen LogP contribution in [0.15, 0.2) is 0 Å². The number of hydrogen-bond donors (Lipinski definition) is 2. The first-order valence-electron chi connectivity index (χ1n) is 5.02. The summed E-state index contributed by atoms with van der Waals surface area (Å²) in [5.41, 5.74) is 3.82. The van der Waals surface area contributed by atoms with E-state index in [0.717, 1.165) is 6.42 Å². The molecular formula is C10H18N2O3. The van der Waals surface area contributed by atoms with Crippen molar-refractivity contribution in [3.8, 4) is 0 Å². The zero-order valence-electron chi connectivity index (χ0n) is 9.41. The molecule has 5 heteroatoms. The minimum Gasteiger partial charge on any atom is -0.480 e. The quantitative estimate of drug-likeness (QED) is 0.702. The first-order valence-corrected chi connectivity index (χ1v) is 5.02. The van der Waals surface area contributed by atoms with Gasteiger partial charge in [-0.25, -0.2) is 4.79 Å². The molecule has 1 aliphatic carbocycles. The Morgan fingerprint density at radius 2 is 1.87 bits per heavy atom. The third-order valence-electron chi connectivity index (χ3n) is 3.34. The lowest BCUT2D eigenvalue weighted by Crippen LogP contribution is -2.64. The summed E-state index contributed by atoms with van der Waals surface area (Å²) in [6.45, 7) is 2.99. The second kappa shape index (κ2) is 3.48. The van der Waals surface area contributed by atoms with Crippen molar-refractivity contribution in [2.45, 2.75) is 44.2 Å². The van der Waals surface area contributed by atoms with Crippen LogP contribution in [0.2, 0.25) is 0 Å². The smallest absolute Gasteiger partial charge is 0.329 e. The molecule has 3 N–H and O–H groups in total. The van der Waals surface area contributed by atoms with E-state index >= 15 is 0 Å². The average Bonchev–Trinajstić information content (AvgIpc) is 2.11. The van der Waals surface area contributed by atoms with Crippen LogP contribution in [-0.2, 0) is 9.59 Å². The van der Waals surface area contributed by atoms with Crippen molar-refractivity contribution in [1.82, 2.24) is 4.90 Å². The number of carbonyl (C=O) groups is 2. The number of carbonyl (C=O) groups excluding carboxylic acids is 1. The molecule has 1 rings (SSSR count). The number of aliphatic carboxylic acids is 1. The first-order chi connectivity index (χ1) is 6.72. The summed E-state index contributed by atoms with van der Waals surface area (Å²) >= 11 is 0. The van der Waals surface area contributed by atoms with Crippen molar-refractivity contribution < 1.29 is 14.7 Å². The number of amides is 1. The summed E-state index contributed by atoms with van der Waals surface area (Å²) in [6.07, 6.45) is 2.22. The second-order valence-electron chi connectivity index (χ2n) is 4.74. The molecule has 0 aromatic heterocycles. The highest BCUT2D eigenvalue weighted by Crippen LogP contribution is 2.32. The molecule has 0 bridgehead atoms. The summed E-state index contributed by atoms with van der Waals surface area (Å²) in [5, 5.41) is 8.98. The van der Waals surface area contributed by atoms with E-state index in [2.05, 4.69) is 0 Å². The Labute approximate surface area is 89.2 Å². The van der Waals surface area contributed by atoms with Crippen molar-refractivity contribution >= 4 is 11.9 Å². The predicted octanol–water partition coefficient (Wildman–Crippen LogP) is 0.189. The molecule has 0 radical (unpaired) electrons. The molecule has 0 aromatic rings.